The van der Waals surface area contributed by atoms with Gasteiger partial charge in [-0.3, -0.25) is 9.59 Å². The molecular formula is C24H20N2O3S. The molecule has 0 aliphatic carbocycles. The zero-order valence-corrected chi connectivity index (χ0v) is 17.2. The van der Waals surface area contributed by atoms with E-state index in [1.54, 1.807) is 43.3 Å². The van der Waals surface area contributed by atoms with Crippen LogP contribution in [0.15, 0.2) is 99.6 Å². The summed E-state index contributed by atoms with van der Waals surface area (Å²) in [6.45, 7) is -0.0643. The minimum atomic E-state index is -0.258. The van der Waals surface area contributed by atoms with Gasteiger partial charge in [0.15, 0.2) is 0 Å². The van der Waals surface area contributed by atoms with Crippen LogP contribution >= 0.6 is 11.8 Å². The Hall–Kier alpha value is -3.51. The highest BCUT2D eigenvalue weighted by molar-refractivity contribution is 7.99. The van der Waals surface area contributed by atoms with Gasteiger partial charge < -0.3 is 14.6 Å². The highest BCUT2D eigenvalue weighted by Gasteiger charge is 2.11. The maximum atomic E-state index is 12.8. The zero-order valence-electron chi connectivity index (χ0n) is 16.4. The van der Waals surface area contributed by atoms with Gasteiger partial charge in [0, 0.05) is 21.4 Å². The van der Waals surface area contributed by atoms with E-state index in [1.807, 2.05) is 60.7 Å². The number of ether oxygens (including phenoxy) is 1. The number of hydrogen-bond acceptors (Lipinski definition) is 4. The number of pyridine rings is 1. The molecule has 0 spiro atoms. The van der Waals surface area contributed by atoms with Gasteiger partial charge in [-0.05, 0) is 53.9 Å². The summed E-state index contributed by atoms with van der Waals surface area (Å²) in [5, 5.41) is 4.26. The number of anilines is 1. The molecular weight excluding hydrogens is 396 g/mol. The smallest absolute Gasteiger partial charge is 0.258 e. The molecule has 0 saturated carbocycles. The summed E-state index contributed by atoms with van der Waals surface area (Å²) in [4.78, 5) is 27.5. The lowest BCUT2D eigenvalue weighted by molar-refractivity contribution is -0.116. The van der Waals surface area contributed by atoms with E-state index in [0.29, 0.717) is 11.1 Å². The first-order chi connectivity index (χ1) is 14.6. The summed E-state index contributed by atoms with van der Waals surface area (Å²) < 4.78 is 6.62. The third kappa shape index (κ3) is 4.39. The summed E-state index contributed by atoms with van der Waals surface area (Å²) in [6.07, 6.45) is 1.63. The van der Waals surface area contributed by atoms with Crippen LogP contribution in [0.25, 0.3) is 10.8 Å². The average molecular weight is 417 g/mol. The van der Waals surface area contributed by atoms with Crippen molar-refractivity contribution in [1.29, 1.82) is 0 Å². The summed E-state index contributed by atoms with van der Waals surface area (Å²) in [5.41, 5.74) is 0.507. The van der Waals surface area contributed by atoms with Crippen molar-refractivity contribution in [3.63, 3.8) is 0 Å². The molecule has 0 fully saturated rings. The zero-order chi connectivity index (χ0) is 20.9. The molecule has 0 radical (unpaired) electrons. The first-order valence-corrected chi connectivity index (χ1v) is 10.2. The van der Waals surface area contributed by atoms with Crippen LogP contribution in [0.5, 0.6) is 5.75 Å². The largest absolute Gasteiger partial charge is 0.497 e. The predicted molar refractivity (Wildman–Crippen MR) is 120 cm³/mol. The number of fused-ring (bicyclic) bond motifs is 1. The van der Waals surface area contributed by atoms with Crippen LogP contribution in [0.3, 0.4) is 0 Å². The van der Waals surface area contributed by atoms with Gasteiger partial charge in [0.05, 0.1) is 12.8 Å². The summed E-state index contributed by atoms with van der Waals surface area (Å²) in [6, 6.07) is 24.7. The molecule has 5 nitrogen and oxygen atoms in total. The first kappa shape index (κ1) is 19.8. The molecule has 3 aromatic carbocycles. The third-order valence-electron chi connectivity index (χ3n) is 4.63. The number of para-hydroxylation sites is 1. The maximum absolute atomic E-state index is 12.8. The van der Waals surface area contributed by atoms with Crippen molar-refractivity contribution in [3.05, 3.63) is 95.4 Å². The molecule has 4 rings (SSSR count). The van der Waals surface area contributed by atoms with Crippen LogP contribution in [-0.2, 0) is 11.3 Å². The van der Waals surface area contributed by atoms with Crippen molar-refractivity contribution in [1.82, 2.24) is 4.57 Å². The Morgan fingerprint density at radius 1 is 1.00 bits per heavy atom. The molecule has 0 saturated heterocycles. The van der Waals surface area contributed by atoms with Gasteiger partial charge in [0.1, 0.15) is 12.3 Å². The maximum Gasteiger partial charge on any atom is 0.258 e. The molecule has 1 aromatic heterocycles. The fraction of sp³-hybridized carbons (Fsp3) is 0.0833. The van der Waals surface area contributed by atoms with E-state index in [0.717, 1.165) is 20.9 Å². The van der Waals surface area contributed by atoms with E-state index in [4.69, 9.17) is 4.74 Å². The molecule has 1 heterocycles. The van der Waals surface area contributed by atoms with Crippen LogP contribution in [-0.4, -0.2) is 17.6 Å². The van der Waals surface area contributed by atoms with E-state index in [2.05, 4.69) is 5.32 Å². The molecule has 0 aliphatic heterocycles. The monoisotopic (exact) mass is 416 g/mol. The Kier molecular flexibility index (Phi) is 5.86. The van der Waals surface area contributed by atoms with Crippen molar-refractivity contribution in [2.24, 2.45) is 0 Å². The van der Waals surface area contributed by atoms with Crippen LogP contribution in [0.2, 0.25) is 0 Å². The number of benzene rings is 3. The van der Waals surface area contributed by atoms with Crippen molar-refractivity contribution in [2.45, 2.75) is 16.3 Å². The molecule has 0 atom stereocenters. The molecule has 30 heavy (non-hydrogen) atoms. The predicted octanol–water partition coefficient (Wildman–Crippen LogP) is 4.80. The Balaban J connectivity index is 1.53. The lowest BCUT2D eigenvalue weighted by atomic mass is 10.1. The fourth-order valence-electron chi connectivity index (χ4n) is 3.14. The minimum Gasteiger partial charge on any atom is -0.497 e. The number of rotatable bonds is 6. The molecule has 4 aromatic rings. The van der Waals surface area contributed by atoms with E-state index in [-0.39, 0.29) is 18.0 Å². The molecule has 1 N–H and O–H groups in total. The summed E-state index contributed by atoms with van der Waals surface area (Å²) in [5.74, 6) is 0.427. The fourth-order valence-corrected chi connectivity index (χ4v) is 4.06. The summed E-state index contributed by atoms with van der Waals surface area (Å²) >= 11 is 1.58. The van der Waals surface area contributed by atoms with E-state index in [1.165, 1.54) is 4.57 Å². The molecule has 1 amide bonds. The van der Waals surface area contributed by atoms with Crippen LogP contribution in [0, 0.1) is 0 Å². The van der Waals surface area contributed by atoms with Crippen LogP contribution in [0.1, 0.15) is 0 Å². The van der Waals surface area contributed by atoms with E-state index >= 15 is 0 Å². The molecule has 0 aliphatic rings. The number of aromatic nitrogens is 1. The highest BCUT2D eigenvalue weighted by Crippen LogP contribution is 2.33. The number of hydrogen-bond donors (Lipinski definition) is 1. The van der Waals surface area contributed by atoms with Crippen molar-refractivity contribution in [3.8, 4) is 5.75 Å². The molecule has 6 heteroatoms. The normalized spacial score (nSPS) is 10.7. The number of amides is 1. The lowest BCUT2D eigenvalue weighted by Crippen LogP contribution is -2.27. The lowest BCUT2D eigenvalue weighted by Gasteiger charge is -2.12. The summed E-state index contributed by atoms with van der Waals surface area (Å²) in [7, 11) is 1.58. The molecule has 0 unspecified atom stereocenters. The third-order valence-corrected chi connectivity index (χ3v) is 5.71. The van der Waals surface area contributed by atoms with Gasteiger partial charge in [-0.2, -0.15) is 0 Å². The second kappa shape index (κ2) is 8.88. The highest BCUT2D eigenvalue weighted by atomic mass is 32.2. The van der Waals surface area contributed by atoms with Gasteiger partial charge in [-0.25, -0.2) is 0 Å². The number of nitrogens with one attached hydrogen (secondary N) is 1. The molecule has 150 valence electrons. The quantitative estimate of drug-likeness (QED) is 0.490. The van der Waals surface area contributed by atoms with E-state index in [9.17, 15) is 9.59 Å². The van der Waals surface area contributed by atoms with Crippen LogP contribution < -0.4 is 15.6 Å². The first-order valence-electron chi connectivity index (χ1n) is 9.43. The van der Waals surface area contributed by atoms with Gasteiger partial charge >= 0.3 is 0 Å². The SMILES string of the molecule is COc1ccc2c(=O)n(CC(=O)Nc3ccccc3Sc3ccccc3)ccc2c1. The Morgan fingerprint density at radius 3 is 2.57 bits per heavy atom. The van der Waals surface area contributed by atoms with Gasteiger partial charge in [0.25, 0.3) is 5.56 Å². The number of methoxy groups -OCH3 is 1. The van der Waals surface area contributed by atoms with Gasteiger partial charge in [-0.1, -0.05) is 42.1 Å². The topological polar surface area (TPSA) is 60.3 Å². The minimum absolute atomic E-state index is 0.0643. The number of carbonyl (C=O) groups is 1. The van der Waals surface area contributed by atoms with E-state index < -0.39 is 0 Å². The van der Waals surface area contributed by atoms with Gasteiger partial charge in [0.2, 0.25) is 5.91 Å². The molecule has 0 bridgehead atoms. The van der Waals surface area contributed by atoms with Crippen molar-refractivity contribution in [2.75, 3.05) is 12.4 Å². The Bertz CT molecular complexity index is 1250. The van der Waals surface area contributed by atoms with Gasteiger partial charge in [-0.15, -0.1) is 0 Å². The van der Waals surface area contributed by atoms with Crippen molar-refractivity contribution >= 4 is 34.1 Å². The Labute approximate surface area is 178 Å². The second-order valence-electron chi connectivity index (χ2n) is 6.66. The second-order valence-corrected chi connectivity index (χ2v) is 7.78. The average Bonchev–Trinajstić information content (AvgIpc) is 2.77. The number of carbonyl (C=O) groups excluding carboxylic acids is 1. The number of nitrogens with zero attached hydrogens (tertiary/aromatic N) is 1. The Morgan fingerprint density at radius 2 is 1.77 bits per heavy atom. The van der Waals surface area contributed by atoms with Crippen LogP contribution in [0.4, 0.5) is 5.69 Å². The standard InChI is InChI=1S/C24H20N2O3S/c1-29-18-11-12-20-17(15-18)13-14-26(24(20)28)16-23(27)25-21-9-5-6-10-22(21)30-19-7-3-2-4-8-19/h2-15H,16H2,1H3,(H,25,27). The van der Waals surface area contributed by atoms with Crippen molar-refractivity contribution < 1.29 is 9.53 Å².